The predicted octanol–water partition coefficient (Wildman–Crippen LogP) is 0.769. The van der Waals surface area contributed by atoms with Gasteiger partial charge in [-0.25, -0.2) is 0 Å². The van der Waals surface area contributed by atoms with Crippen molar-refractivity contribution in [1.82, 2.24) is 10.2 Å². The number of nitrogens with one attached hydrogen (secondary N) is 1. The fraction of sp³-hybridized carbons (Fsp3) is 0.625. The molecule has 1 aromatic rings. The highest BCUT2D eigenvalue weighted by Gasteiger charge is 2.58. The number of hydrogen-bond acceptors (Lipinski definition) is 4. The maximum absolute atomic E-state index is 10.4. The van der Waals surface area contributed by atoms with Crippen LogP contribution < -0.4 is 5.73 Å². The predicted molar refractivity (Wildman–Crippen MR) is 49.7 cm³/mol. The first-order chi connectivity index (χ1) is 6.44. The Morgan fingerprint density at radius 2 is 2.29 bits per heavy atom. The number of H-pyrrole nitrogens is 1. The summed E-state index contributed by atoms with van der Waals surface area (Å²) in [7, 11) is 0. The molecule has 1 aromatic heterocycles. The minimum atomic E-state index is -0.489. The Bertz CT molecular complexity index is 384. The Hall–Kier alpha value is -1.43. The van der Waals surface area contributed by atoms with Crippen molar-refractivity contribution in [3.05, 3.63) is 21.9 Å². The summed E-state index contributed by atoms with van der Waals surface area (Å²) in [5.74, 6) is 0.0577. The highest BCUT2D eigenvalue weighted by atomic mass is 16.6. The monoisotopic (exact) mass is 196 g/mol. The third-order valence-electron chi connectivity index (χ3n) is 3.01. The van der Waals surface area contributed by atoms with E-state index in [4.69, 9.17) is 5.73 Å². The largest absolute Gasteiger partial charge is 0.358 e. The third kappa shape index (κ3) is 1.11. The van der Waals surface area contributed by atoms with E-state index in [2.05, 4.69) is 10.2 Å². The second-order valence-corrected chi connectivity index (χ2v) is 4.26. The van der Waals surface area contributed by atoms with E-state index in [9.17, 15) is 10.1 Å². The topological polar surface area (TPSA) is 97.8 Å². The maximum atomic E-state index is 10.4. The van der Waals surface area contributed by atoms with Crippen molar-refractivity contribution in [1.29, 1.82) is 0 Å². The maximum Gasteiger partial charge on any atom is 0.342 e. The normalized spacial score (nSPS) is 28.8. The summed E-state index contributed by atoms with van der Waals surface area (Å²) in [4.78, 5) is 9.91. The third-order valence-corrected chi connectivity index (χ3v) is 3.01. The molecule has 6 heteroatoms. The van der Waals surface area contributed by atoms with Crippen LogP contribution in [0.25, 0.3) is 0 Å². The van der Waals surface area contributed by atoms with E-state index in [0.29, 0.717) is 5.69 Å². The zero-order chi connectivity index (χ0) is 10.5. The van der Waals surface area contributed by atoms with Crippen LogP contribution in [-0.2, 0) is 0 Å². The molecular formula is C8H12N4O2. The number of nitrogens with zero attached hydrogens (tertiary/aromatic N) is 2. The zero-order valence-corrected chi connectivity index (χ0v) is 8.02. The summed E-state index contributed by atoms with van der Waals surface area (Å²) in [6, 6.07) is 1.50. The van der Waals surface area contributed by atoms with Crippen LogP contribution in [0.1, 0.15) is 25.5 Å². The number of nitro groups is 1. The summed E-state index contributed by atoms with van der Waals surface area (Å²) in [6.07, 6.45) is 0. The highest BCUT2D eigenvalue weighted by molar-refractivity contribution is 5.33. The Kier molecular flexibility index (Phi) is 1.66. The molecule has 0 aromatic carbocycles. The van der Waals surface area contributed by atoms with Crippen LogP contribution in [0.2, 0.25) is 0 Å². The first-order valence-electron chi connectivity index (χ1n) is 4.40. The van der Waals surface area contributed by atoms with Crippen LogP contribution in [0.4, 0.5) is 5.82 Å². The average Bonchev–Trinajstić information content (AvgIpc) is 2.55. The van der Waals surface area contributed by atoms with Gasteiger partial charge in [0, 0.05) is 12.0 Å². The molecule has 0 spiro atoms. The van der Waals surface area contributed by atoms with E-state index in [-0.39, 0.29) is 23.2 Å². The summed E-state index contributed by atoms with van der Waals surface area (Å²) in [5, 5.41) is 16.7. The Balaban J connectivity index is 2.24. The minimum absolute atomic E-state index is 0.00304. The molecule has 1 heterocycles. The number of rotatable bonds is 2. The molecule has 14 heavy (non-hydrogen) atoms. The molecule has 0 bridgehead atoms. The van der Waals surface area contributed by atoms with E-state index in [1.165, 1.54) is 6.07 Å². The van der Waals surface area contributed by atoms with E-state index >= 15 is 0 Å². The molecule has 6 nitrogen and oxygen atoms in total. The number of hydrogen-bond donors (Lipinski definition) is 2. The van der Waals surface area contributed by atoms with Crippen LogP contribution in [0, 0.1) is 15.5 Å². The molecule has 0 amide bonds. The summed E-state index contributed by atoms with van der Waals surface area (Å²) in [6.45, 7) is 4.06. The lowest BCUT2D eigenvalue weighted by Crippen LogP contribution is -2.06. The van der Waals surface area contributed by atoms with Crippen LogP contribution in [0.5, 0.6) is 0 Å². The fourth-order valence-electron chi connectivity index (χ4n) is 1.82. The molecule has 3 N–H and O–H groups in total. The van der Waals surface area contributed by atoms with Crippen molar-refractivity contribution in [3.8, 4) is 0 Å². The first-order valence-corrected chi connectivity index (χ1v) is 4.40. The van der Waals surface area contributed by atoms with Gasteiger partial charge in [0.05, 0.1) is 11.8 Å². The van der Waals surface area contributed by atoms with Crippen LogP contribution in [0.3, 0.4) is 0 Å². The fourth-order valence-corrected chi connectivity index (χ4v) is 1.82. The Morgan fingerprint density at radius 3 is 2.64 bits per heavy atom. The van der Waals surface area contributed by atoms with Crippen molar-refractivity contribution in [2.75, 3.05) is 0 Å². The SMILES string of the molecule is CC1(C)[C@@H](N)[C@@H]1c1cc([N+](=O)[O-])[nH]n1. The Labute approximate surface area is 80.6 Å². The van der Waals surface area contributed by atoms with Crippen molar-refractivity contribution in [3.63, 3.8) is 0 Å². The molecule has 2 atom stereocenters. The van der Waals surface area contributed by atoms with Crippen molar-refractivity contribution in [2.45, 2.75) is 25.8 Å². The van der Waals surface area contributed by atoms with Gasteiger partial charge in [-0.3, -0.25) is 0 Å². The van der Waals surface area contributed by atoms with Gasteiger partial charge >= 0.3 is 5.82 Å². The van der Waals surface area contributed by atoms with Gasteiger partial charge in [-0.15, -0.1) is 5.10 Å². The van der Waals surface area contributed by atoms with Gasteiger partial charge in [0.15, 0.2) is 0 Å². The van der Waals surface area contributed by atoms with Crippen molar-refractivity contribution < 1.29 is 4.92 Å². The molecule has 1 fully saturated rings. The number of aromatic amines is 1. The smallest absolute Gasteiger partial charge is 0.342 e. The summed E-state index contributed by atoms with van der Waals surface area (Å²) < 4.78 is 0. The van der Waals surface area contributed by atoms with Crippen LogP contribution in [0.15, 0.2) is 6.07 Å². The van der Waals surface area contributed by atoms with Crippen molar-refractivity contribution >= 4 is 5.82 Å². The summed E-state index contributed by atoms with van der Waals surface area (Å²) >= 11 is 0. The van der Waals surface area contributed by atoms with Gasteiger partial charge in [-0.2, -0.15) is 0 Å². The molecular weight excluding hydrogens is 184 g/mol. The minimum Gasteiger partial charge on any atom is -0.358 e. The van der Waals surface area contributed by atoms with Crippen LogP contribution in [-0.4, -0.2) is 21.2 Å². The molecule has 0 aliphatic heterocycles. The van der Waals surface area contributed by atoms with Crippen molar-refractivity contribution in [2.24, 2.45) is 11.1 Å². The first kappa shape index (κ1) is 9.14. The standard InChI is InChI=1S/C8H12N4O2/c1-8(2)6(7(8)9)4-3-5(11-10-4)12(13)14/h3,6-7H,9H2,1-2H3,(H,10,11)/t6-,7-/m0/s1. The van der Waals surface area contributed by atoms with Gasteiger partial charge in [0.2, 0.25) is 0 Å². The van der Waals surface area contributed by atoms with E-state index in [1.54, 1.807) is 0 Å². The quantitative estimate of drug-likeness (QED) is 0.539. The Morgan fingerprint density at radius 1 is 1.71 bits per heavy atom. The van der Waals surface area contributed by atoms with E-state index < -0.39 is 4.92 Å². The van der Waals surface area contributed by atoms with Gasteiger partial charge in [0.25, 0.3) is 0 Å². The molecule has 1 aliphatic carbocycles. The van der Waals surface area contributed by atoms with E-state index in [1.807, 2.05) is 13.8 Å². The molecule has 0 saturated heterocycles. The van der Waals surface area contributed by atoms with Gasteiger partial charge in [-0.05, 0) is 10.3 Å². The molecule has 0 radical (unpaired) electrons. The second-order valence-electron chi connectivity index (χ2n) is 4.26. The van der Waals surface area contributed by atoms with Crippen LogP contribution >= 0.6 is 0 Å². The lowest BCUT2D eigenvalue weighted by atomic mass is 10.1. The molecule has 0 unspecified atom stereocenters. The number of aromatic nitrogens is 2. The molecule has 76 valence electrons. The summed E-state index contributed by atoms with van der Waals surface area (Å²) in [5.41, 5.74) is 6.53. The van der Waals surface area contributed by atoms with Gasteiger partial charge < -0.3 is 15.8 Å². The number of nitrogens with two attached hydrogens (primary N) is 1. The highest BCUT2D eigenvalue weighted by Crippen LogP contribution is 2.56. The molecule has 1 saturated carbocycles. The molecule has 2 rings (SSSR count). The average molecular weight is 196 g/mol. The second kappa shape index (κ2) is 2.54. The molecule has 1 aliphatic rings. The van der Waals surface area contributed by atoms with E-state index in [0.717, 1.165) is 0 Å². The van der Waals surface area contributed by atoms with Gasteiger partial charge in [-0.1, -0.05) is 18.9 Å². The zero-order valence-electron chi connectivity index (χ0n) is 8.02. The van der Waals surface area contributed by atoms with Gasteiger partial charge in [0.1, 0.15) is 0 Å². The lowest BCUT2D eigenvalue weighted by Gasteiger charge is -1.95. The lowest BCUT2D eigenvalue weighted by molar-refractivity contribution is -0.389.